The fourth-order valence-corrected chi connectivity index (χ4v) is 3.66. The van der Waals surface area contributed by atoms with Crippen molar-refractivity contribution in [2.75, 3.05) is 23.0 Å². The number of benzene rings is 2. The van der Waals surface area contributed by atoms with Crippen LogP contribution in [0.1, 0.15) is 12.8 Å². The minimum atomic E-state index is -3.93. The van der Waals surface area contributed by atoms with E-state index in [1.165, 1.54) is 19.2 Å². The van der Waals surface area contributed by atoms with E-state index in [4.69, 9.17) is 27.9 Å². The van der Waals surface area contributed by atoms with Gasteiger partial charge in [0.05, 0.1) is 7.11 Å². The number of nitrogens with one attached hydrogen (secondary N) is 2. The topological polar surface area (TPSA) is 84.5 Å². The molecule has 0 spiro atoms. The van der Waals surface area contributed by atoms with Crippen molar-refractivity contribution in [2.24, 2.45) is 0 Å². The zero-order valence-corrected chi connectivity index (χ0v) is 16.3. The first-order chi connectivity index (χ1) is 12.4. The molecule has 0 heterocycles. The highest BCUT2D eigenvalue weighted by Gasteiger charge is 2.21. The van der Waals surface area contributed by atoms with Gasteiger partial charge in [0, 0.05) is 28.7 Å². The van der Waals surface area contributed by atoms with Crippen LogP contribution in [0.2, 0.25) is 5.02 Å². The van der Waals surface area contributed by atoms with Crippen LogP contribution in [0.3, 0.4) is 0 Å². The molecule has 0 fully saturated rings. The molecule has 0 saturated heterocycles. The average molecular weight is 417 g/mol. The Morgan fingerprint density at radius 2 is 1.77 bits per heavy atom. The molecule has 26 heavy (non-hydrogen) atoms. The molecule has 1 amide bonds. The van der Waals surface area contributed by atoms with Crippen LogP contribution in [-0.4, -0.2) is 27.3 Å². The molecule has 0 saturated carbocycles. The van der Waals surface area contributed by atoms with Gasteiger partial charge >= 0.3 is 0 Å². The van der Waals surface area contributed by atoms with E-state index in [0.717, 1.165) is 0 Å². The summed E-state index contributed by atoms with van der Waals surface area (Å²) in [7, 11) is -2.56. The molecular formula is C17H18Cl2N2O4S. The van der Waals surface area contributed by atoms with Crippen molar-refractivity contribution in [1.29, 1.82) is 0 Å². The highest BCUT2D eigenvalue weighted by Crippen LogP contribution is 2.29. The van der Waals surface area contributed by atoms with Crippen LogP contribution in [0.4, 0.5) is 11.4 Å². The first-order valence-electron chi connectivity index (χ1n) is 7.68. The van der Waals surface area contributed by atoms with Gasteiger partial charge in [-0.1, -0.05) is 11.6 Å². The number of sulfonamides is 1. The van der Waals surface area contributed by atoms with Gasteiger partial charge in [-0.15, -0.1) is 11.6 Å². The molecule has 0 aliphatic rings. The minimum Gasteiger partial charge on any atom is -0.495 e. The maximum Gasteiger partial charge on any atom is 0.265 e. The van der Waals surface area contributed by atoms with Gasteiger partial charge in [0.25, 0.3) is 10.0 Å². The number of rotatable bonds is 8. The monoisotopic (exact) mass is 416 g/mol. The number of ether oxygens (including phenoxy) is 1. The molecule has 2 rings (SSSR count). The lowest BCUT2D eigenvalue weighted by atomic mass is 10.2. The molecule has 2 N–H and O–H groups in total. The van der Waals surface area contributed by atoms with Gasteiger partial charge in [0.2, 0.25) is 5.91 Å². The zero-order valence-electron chi connectivity index (χ0n) is 14.0. The Labute approximate surface area is 162 Å². The van der Waals surface area contributed by atoms with Crippen molar-refractivity contribution in [1.82, 2.24) is 0 Å². The Kier molecular flexibility index (Phi) is 7.14. The van der Waals surface area contributed by atoms with Crippen LogP contribution in [0.15, 0.2) is 47.4 Å². The molecule has 0 atom stereocenters. The molecule has 0 aliphatic heterocycles. The standard InChI is InChI=1S/C17H18Cl2N2O4S/c1-25-15-9-8-14(20-17(22)3-2-10-18)11-16(15)26(23,24)21-13-6-4-12(19)5-7-13/h4-9,11,21H,2-3,10H2,1H3,(H,20,22). The van der Waals surface area contributed by atoms with Crippen molar-refractivity contribution < 1.29 is 17.9 Å². The van der Waals surface area contributed by atoms with Crippen molar-refractivity contribution in [3.8, 4) is 5.75 Å². The predicted octanol–water partition coefficient (Wildman–Crippen LogP) is 4.11. The Morgan fingerprint density at radius 3 is 2.38 bits per heavy atom. The number of halogens is 2. The normalized spacial score (nSPS) is 11.0. The molecular weight excluding hydrogens is 399 g/mol. The van der Waals surface area contributed by atoms with E-state index in [1.807, 2.05) is 0 Å². The van der Waals surface area contributed by atoms with Crippen molar-refractivity contribution in [3.05, 3.63) is 47.5 Å². The highest BCUT2D eigenvalue weighted by molar-refractivity contribution is 7.92. The van der Waals surface area contributed by atoms with Gasteiger partial charge in [0.15, 0.2) is 0 Å². The molecule has 0 aliphatic carbocycles. The molecule has 0 radical (unpaired) electrons. The molecule has 9 heteroatoms. The van der Waals surface area contributed by atoms with Crippen LogP contribution >= 0.6 is 23.2 Å². The Morgan fingerprint density at radius 1 is 1.12 bits per heavy atom. The summed E-state index contributed by atoms with van der Waals surface area (Å²) >= 11 is 11.4. The number of hydrogen-bond donors (Lipinski definition) is 2. The number of amides is 1. The second-order valence-corrected chi connectivity index (χ2v) is 7.78. The number of methoxy groups -OCH3 is 1. The lowest BCUT2D eigenvalue weighted by Crippen LogP contribution is -2.16. The summed E-state index contributed by atoms with van der Waals surface area (Å²) in [6.07, 6.45) is 0.785. The number of anilines is 2. The maximum atomic E-state index is 12.7. The number of carbonyl (C=O) groups excluding carboxylic acids is 1. The largest absolute Gasteiger partial charge is 0.495 e. The summed E-state index contributed by atoms with van der Waals surface area (Å²) in [5.74, 6) is 0.288. The van der Waals surface area contributed by atoms with E-state index < -0.39 is 10.0 Å². The van der Waals surface area contributed by atoms with Gasteiger partial charge < -0.3 is 10.1 Å². The summed E-state index contributed by atoms with van der Waals surface area (Å²) < 4.78 is 33.0. The average Bonchev–Trinajstić information content (AvgIpc) is 2.61. The van der Waals surface area contributed by atoms with E-state index >= 15 is 0 Å². The van der Waals surface area contributed by atoms with Crippen LogP contribution in [-0.2, 0) is 14.8 Å². The summed E-state index contributed by atoms with van der Waals surface area (Å²) in [6.45, 7) is 0. The van der Waals surface area contributed by atoms with E-state index in [9.17, 15) is 13.2 Å². The fraction of sp³-hybridized carbons (Fsp3) is 0.235. The van der Waals surface area contributed by atoms with Gasteiger partial charge in [-0.05, 0) is 48.9 Å². The van der Waals surface area contributed by atoms with Gasteiger partial charge in [-0.3, -0.25) is 9.52 Å². The van der Waals surface area contributed by atoms with E-state index in [2.05, 4.69) is 10.0 Å². The second kappa shape index (κ2) is 9.12. The SMILES string of the molecule is COc1ccc(NC(=O)CCCCl)cc1S(=O)(=O)Nc1ccc(Cl)cc1. The first kappa shape index (κ1) is 20.4. The molecule has 0 bridgehead atoms. The summed E-state index contributed by atoms with van der Waals surface area (Å²) in [6, 6.07) is 10.6. The maximum absolute atomic E-state index is 12.7. The predicted molar refractivity (Wildman–Crippen MR) is 104 cm³/mol. The molecule has 2 aromatic rings. The molecule has 140 valence electrons. The quantitative estimate of drug-likeness (QED) is 0.634. The number of carbonyl (C=O) groups is 1. The summed E-state index contributed by atoms with van der Waals surface area (Å²) in [4.78, 5) is 11.7. The number of hydrogen-bond acceptors (Lipinski definition) is 4. The summed E-state index contributed by atoms with van der Waals surface area (Å²) in [5.41, 5.74) is 0.704. The van der Waals surface area contributed by atoms with Crippen molar-refractivity contribution in [2.45, 2.75) is 17.7 Å². The van der Waals surface area contributed by atoms with Gasteiger partial charge in [-0.25, -0.2) is 8.42 Å². The molecule has 6 nitrogen and oxygen atoms in total. The van der Waals surface area contributed by atoms with E-state index in [0.29, 0.717) is 28.7 Å². The lowest BCUT2D eigenvalue weighted by Gasteiger charge is -2.14. The third-order valence-electron chi connectivity index (χ3n) is 3.37. The van der Waals surface area contributed by atoms with E-state index in [-0.39, 0.29) is 23.0 Å². The highest BCUT2D eigenvalue weighted by atomic mass is 35.5. The third kappa shape index (κ3) is 5.52. The third-order valence-corrected chi connectivity index (χ3v) is 5.29. The Balaban J connectivity index is 2.28. The van der Waals surface area contributed by atoms with Crippen LogP contribution in [0.5, 0.6) is 5.75 Å². The fourth-order valence-electron chi connectivity index (χ4n) is 2.14. The van der Waals surface area contributed by atoms with Crippen LogP contribution in [0.25, 0.3) is 0 Å². The Hall–Kier alpha value is -1.96. The van der Waals surface area contributed by atoms with Gasteiger partial charge in [-0.2, -0.15) is 0 Å². The number of alkyl halides is 1. The lowest BCUT2D eigenvalue weighted by molar-refractivity contribution is -0.116. The van der Waals surface area contributed by atoms with Gasteiger partial charge in [0.1, 0.15) is 10.6 Å². The van der Waals surface area contributed by atoms with Crippen molar-refractivity contribution >= 4 is 50.5 Å². The molecule has 0 aromatic heterocycles. The van der Waals surface area contributed by atoms with Crippen LogP contribution in [0, 0.1) is 0 Å². The van der Waals surface area contributed by atoms with Crippen molar-refractivity contribution in [3.63, 3.8) is 0 Å². The molecule has 0 unspecified atom stereocenters. The molecule has 2 aromatic carbocycles. The smallest absolute Gasteiger partial charge is 0.265 e. The minimum absolute atomic E-state index is 0.0925. The zero-order chi connectivity index (χ0) is 19.2. The second-order valence-electron chi connectivity index (χ2n) is 5.32. The van der Waals surface area contributed by atoms with E-state index in [1.54, 1.807) is 30.3 Å². The van der Waals surface area contributed by atoms with Crippen LogP contribution < -0.4 is 14.8 Å². The summed E-state index contributed by atoms with van der Waals surface area (Å²) in [5, 5.41) is 3.14. The first-order valence-corrected chi connectivity index (χ1v) is 10.1. The Bertz CT molecular complexity index is 871.